The van der Waals surface area contributed by atoms with Gasteiger partial charge in [0.15, 0.2) is 0 Å². The number of rotatable bonds is 4. The summed E-state index contributed by atoms with van der Waals surface area (Å²) in [6, 6.07) is 18.7. The summed E-state index contributed by atoms with van der Waals surface area (Å²) in [6.45, 7) is 1.80. The van der Waals surface area contributed by atoms with E-state index in [9.17, 15) is 9.59 Å². The molecule has 4 N–H and O–H groups in total. The molecule has 0 saturated carbocycles. The normalized spacial score (nSPS) is 12.2. The lowest BCUT2D eigenvalue weighted by atomic mass is 10.1. The molecule has 130 valence electrons. The van der Waals surface area contributed by atoms with Gasteiger partial charge in [-0.2, -0.15) is 0 Å². The summed E-state index contributed by atoms with van der Waals surface area (Å²) >= 11 is 0. The molecule has 6 nitrogen and oxygen atoms in total. The molecular weight excluding hydrogens is 328 g/mol. The van der Waals surface area contributed by atoms with Gasteiger partial charge in [0.1, 0.15) is 6.04 Å². The van der Waals surface area contributed by atoms with Gasteiger partial charge in [-0.05, 0) is 36.6 Å². The number of H-pyrrole nitrogens is 2. The summed E-state index contributed by atoms with van der Waals surface area (Å²) in [5.41, 5.74) is 2.72. The minimum Gasteiger partial charge on any atom is -0.374 e. The molecule has 1 amide bonds. The second-order valence-electron chi connectivity index (χ2n) is 6.22. The molecule has 26 heavy (non-hydrogen) atoms. The Morgan fingerprint density at radius 3 is 2.62 bits per heavy atom. The fourth-order valence-electron chi connectivity index (χ4n) is 3.01. The van der Waals surface area contributed by atoms with E-state index in [2.05, 4.69) is 20.6 Å². The first kappa shape index (κ1) is 16.0. The molecule has 0 aliphatic heterocycles. The Morgan fingerprint density at radius 1 is 0.962 bits per heavy atom. The zero-order valence-electron chi connectivity index (χ0n) is 14.2. The number of anilines is 2. The minimum atomic E-state index is -0.447. The van der Waals surface area contributed by atoms with Crippen LogP contribution >= 0.6 is 0 Å². The van der Waals surface area contributed by atoms with Gasteiger partial charge in [-0.15, -0.1) is 0 Å². The van der Waals surface area contributed by atoms with Gasteiger partial charge in [-0.25, -0.2) is 4.79 Å². The van der Waals surface area contributed by atoms with Gasteiger partial charge in [0.25, 0.3) is 0 Å². The number of carbonyl (C=O) groups excluding carboxylic acids is 1. The van der Waals surface area contributed by atoms with E-state index in [4.69, 9.17) is 0 Å². The second kappa shape index (κ2) is 6.40. The summed E-state index contributed by atoms with van der Waals surface area (Å²) in [6.07, 6.45) is 0. The highest BCUT2D eigenvalue weighted by atomic mass is 16.2. The lowest BCUT2D eigenvalue weighted by Gasteiger charge is -2.16. The molecule has 4 rings (SSSR count). The summed E-state index contributed by atoms with van der Waals surface area (Å²) in [5, 5.41) is 8.22. The van der Waals surface area contributed by atoms with E-state index >= 15 is 0 Å². The van der Waals surface area contributed by atoms with Crippen LogP contribution in [-0.2, 0) is 4.79 Å². The molecule has 1 atom stereocenters. The van der Waals surface area contributed by atoms with Crippen LogP contribution < -0.4 is 16.3 Å². The van der Waals surface area contributed by atoms with Crippen LogP contribution in [0.5, 0.6) is 0 Å². The van der Waals surface area contributed by atoms with E-state index in [1.807, 2.05) is 48.5 Å². The Hall–Kier alpha value is -3.54. The average molecular weight is 346 g/mol. The molecule has 0 aliphatic rings. The Kier molecular flexibility index (Phi) is 3.93. The highest BCUT2D eigenvalue weighted by molar-refractivity contribution is 6.04. The molecule has 1 unspecified atom stereocenters. The van der Waals surface area contributed by atoms with Crippen LogP contribution in [-0.4, -0.2) is 21.9 Å². The van der Waals surface area contributed by atoms with E-state index in [0.29, 0.717) is 5.52 Å². The zero-order chi connectivity index (χ0) is 18.1. The van der Waals surface area contributed by atoms with E-state index in [1.54, 1.807) is 19.1 Å². The van der Waals surface area contributed by atoms with Gasteiger partial charge in [-0.1, -0.05) is 36.4 Å². The van der Waals surface area contributed by atoms with E-state index in [-0.39, 0.29) is 11.6 Å². The van der Waals surface area contributed by atoms with Gasteiger partial charge in [0.2, 0.25) is 5.91 Å². The number of fused-ring (bicyclic) bond motifs is 2. The van der Waals surface area contributed by atoms with Crippen molar-refractivity contribution in [3.8, 4) is 0 Å². The first-order valence-electron chi connectivity index (χ1n) is 8.37. The van der Waals surface area contributed by atoms with E-state index in [1.165, 1.54) is 0 Å². The maximum absolute atomic E-state index is 12.6. The van der Waals surface area contributed by atoms with Crippen molar-refractivity contribution in [3.05, 3.63) is 71.1 Å². The minimum absolute atomic E-state index is 0.135. The molecule has 3 aromatic carbocycles. The Labute approximate surface area is 149 Å². The van der Waals surface area contributed by atoms with Crippen LogP contribution in [0.25, 0.3) is 21.8 Å². The topological polar surface area (TPSA) is 89.8 Å². The van der Waals surface area contributed by atoms with Crippen LogP contribution in [0.15, 0.2) is 65.5 Å². The van der Waals surface area contributed by atoms with Crippen molar-refractivity contribution in [2.24, 2.45) is 0 Å². The zero-order valence-corrected chi connectivity index (χ0v) is 14.2. The van der Waals surface area contributed by atoms with Crippen molar-refractivity contribution in [1.82, 2.24) is 9.97 Å². The molecule has 4 aromatic rings. The summed E-state index contributed by atoms with van der Waals surface area (Å²) in [5.74, 6) is -0.135. The van der Waals surface area contributed by atoms with E-state index in [0.717, 1.165) is 27.7 Å². The summed E-state index contributed by atoms with van der Waals surface area (Å²) in [7, 11) is 0. The molecule has 0 bridgehead atoms. The van der Waals surface area contributed by atoms with Gasteiger partial charge < -0.3 is 20.6 Å². The van der Waals surface area contributed by atoms with Crippen LogP contribution in [0, 0.1) is 0 Å². The number of aromatic amines is 2. The van der Waals surface area contributed by atoms with Gasteiger partial charge in [0, 0.05) is 16.8 Å². The van der Waals surface area contributed by atoms with Crippen LogP contribution in [0.1, 0.15) is 6.92 Å². The Bertz CT molecular complexity index is 1150. The van der Waals surface area contributed by atoms with Crippen molar-refractivity contribution >= 4 is 39.1 Å². The molecule has 6 heteroatoms. The quantitative estimate of drug-likeness (QED) is 0.456. The van der Waals surface area contributed by atoms with Crippen molar-refractivity contribution in [1.29, 1.82) is 0 Å². The standard InChI is InChI=1S/C20H18N4O2/c1-12(21-14-9-10-17-18(11-14)24-20(26)23-17)19(25)22-16-8-4-6-13-5-2-3-7-15(13)16/h2-12,21H,1H3,(H,22,25)(H2,23,24,26). The fourth-order valence-corrected chi connectivity index (χ4v) is 3.01. The molecule has 0 aliphatic carbocycles. The third-order valence-electron chi connectivity index (χ3n) is 4.34. The number of amides is 1. The third-order valence-corrected chi connectivity index (χ3v) is 4.34. The smallest absolute Gasteiger partial charge is 0.323 e. The van der Waals surface area contributed by atoms with Crippen molar-refractivity contribution < 1.29 is 4.79 Å². The predicted molar refractivity (Wildman–Crippen MR) is 105 cm³/mol. The van der Waals surface area contributed by atoms with Crippen molar-refractivity contribution in [2.45, 2.75) is 13.0 Å². The highest BCUT2D eigenvalue weighted by Gasteiger charge is 2.14. The van der Waals surface area contributed by atoms with Crippen molar-refractivity contribution in [3.63, 3.8) is 0 Å². The first-order valence-corrected chi connectivity index (χ1v) is 8.37. The number of nitrogens with one attached hydrogen (secondary N) is 4. The molecule has 0 spiro atoms. The molecule has 0 fully saturated rings. The third kappa shape index (κ3) is 3.04. The van der Waals surface area contributed by atoms with Gasteiger partial charge >= 0.3 is 5.69 Å². The second-order valence-corrected chi connectivity index (χ2v) is 6.22. The molecule has 1 heterocycles. The molecule has 1 aromatic heterocycles. The molecule has 0 saturated heterocycles. The maximum atomic E-state index is 12.6. The van der Waals surface area contributed by atoms with Gasteiger partial charge in [-0.3, -0.25) is 4.79 Å². The highest BCUT2D eigenvalue weighted by Crippen LogP contribution is 2.23. The molecular formula is C20H18N4O2. The van der Waals surface area contributed by atoms with E-state index < -0.39 is 6.04 Å². The fraction of sp³-hybridized carbons (Fsp3) is 0.100. The van der Waals surface area contributed by atoms with Crippen molar-refractivity contribution in [2.75, 3.05) is 10.6 Å². The number of imidazole rings is 1. The monoisotopic (exact) mass is 346 g/mol. The maximum Gasteiger partial charge on any atom is 0.323 e. The number of aromatic nitrogens is 2. The lowest BCUT2D eigenvalue weighted by Crippen LogP contribution is -2.31. The Balaban J connectivity index is 1.52. The Morgan fingerprint density at radius 2 is 1.73 bits per heavy atom. The largest absolute Gasteiger partial charge is 0.374 e. The van der Waals surface area contributed by atoms with Gasteiger partial charge in [0.05, 0.1) is 11.0 Å². The summed E-state index contributed by atoms with van der Waals surface area (Å²) in [4.78, 5) is 29.3. The molecule has 0 radical (unpaired) electrons. The number of hydrogen-bond donors (Lipinski definition) is 4. The number of benzene rings is 3. The first-order chi connectivity index (χ1) is 12.6. The summed E-state index contributed by atoms with van der Waals surface area (Å²) < 4.78 is 0. The SMILES string of the molecule is CC(Nc1ccc2[nH]c(=O)[nH]c2c1)C(=O)Nc1cccc2ccccc12. The van der Waals surface area contributed by atoms with Crippen LogP contribution in [0.3, 0.4) is 0 Å². The average Bonchev–Trinajstić information content (AvgIpc) is 3.01. The van der Waals surface area contributed by atoms with Crippen LogP contribution in [0.4, 0.5) is 11.4 Å². The lowest BCUT2D eigenvalue weighted by molar-refractivity contribution is -0.116. The number of carbonyl (C=O) groups is 1. The van der Waals surface area contributed by atoms with Crippen LogP contribution in [0.2, 0.25) is 0 Å². The predicted octanol–water partition coefficient (Wildman–Crippen LogP) is 3.45. The number of hydrogen-bond acceptors (Lipinski definition) is 3.